The van der Waals surface area contributed by atoms with Crippen LogP contribution >= 0.6 is 0 Å². The van der Waals surface area contributed by atoms with E-state index >= 15 is 0 Å². The topological polar surface area (TPSA) is 12.5 Å². The fourth-order valence-corrected chi connectivity index (χ4v) is 4.13. The van der Waals surface area contributed by atoms with Crippen LogP contribution in [0.15, 0.2) is 78.4 Å². The van der Waals surface area contributed by atoms with Crippen LogP contribution in [0.2, 0.25) is 0 Å². The molecule has 1 aliphatic rings. The monoisotopic (exact) mass is 383 g/mol. The SMILES string of the molecule is COC1=C(CCN(C)C)CCc2cc(-c3ccc(-c4ccccc4)cc3)ccc21. The van der Waals surface area contributed by atoms with Crippen molar-refractivity contribution in [3.05, 3.63) is 89.5 Å². The summed E-state index contributed by atoms with van der Waals surface area (Å²) in [5, 5.41) is 0. The summed E-state index contributed by atoms with van der Waals surface area (Å²) in [6.07, 6.45) is 3.24. The Balaban J connectivity index is 1.60. The summed E-state index contributed by atoms with van der Waals surface area (Å²) in [6.45, 7) is 1.06. The Morgan fingerprint density at radius 1 is 0.759 bits per heavy atom. The molecular weight excluding hydrogens is 354 g/mol. The van der Waals surface area contributed by atoms with Gasteiger partial charge in [-0.15, -0.1) is 0 Å². The van der Waals surface area contributed by atoms with Gasteiger partial charge in [-0.25, -0.2) is 0 Å². The number of benzene rings is 3. The minimum atomic E-state index is 1.06. The lowest BCUT2D eigenvalue weighted by atomic mass is 9.87. The van der Waals surface area contributed by atoms with Crippen LogP contribution in [0.25, 0.3) is 28.0 Å². The molecule has 3 aromatic carbocycles. The van der Waals surface area contributed by atoms with E-state index in [-0.39, 0.29) is 0 Å². The van der Waals surface area contributed by atoms with Gasteiger partial charge in [0.05, 0.1) is 7.11 Å². The van der Waals surface area contributed by atoms with E-state index in [1.165, 1.54) is 39.0 Å². The molecule has 0 atom stereocenters. The lowest BCUT2D eigenvalue weighted by molar-refractivity contribution is 0.356. The van der Waals surface area contributed by atoms with Crippen molar-refractivity contribution in [1.82, 2.24) is 4.90 Å². The van der Waals surface area contributed by atoms with Crippen molar-refractivity contribution in [3.8, 4) is 22.3 Å². The maximum atomic E-state index is 5.83. The highest BCUT2D eigenvalue weighted by Gasteiger charge is 2.20. The molecule has 29 heavy (non-hydrogen) atoms. The average Bonchev–Trinajstić information content (AvgIpc) is 2.77. The molecule has 0 aliphatic heterocycles. The highest BCUT2D eigenvalue weighted by molar-refractivity contribution is 5.75. The molecule has 1 aliphatic carbocycles. The van der Waals surface area contributed by atoms with Crippen LogP contribution in [0.3, 0.4) is 0 Å². The first kappa shape index (κ1) is 19.5. The van der Waals surface area contributed by atoms with E-state index in [4.69, 9.17) is 4.74 Å². The van der Waals surface area contributed by atoms with Crippen LogP contribution in [-0.4, -0.2) is 32.6 Å². The average molecular weight is 384 g/mol. The molecule has 3 aromatic rings. The summed E-state index contributed by atoms with van der Waals surface area (Å²) >= 11 is 0. The zero-order valence-electron chi connectivity index (χ0n) is 17.6. The molecule has 0 bridgehead atoms. The summed E-state index contributed by atoms with van der Waals surface area (Å²) in [6, 6.07) is 26.2. The molecule has 4 rings (SSSR count). The molecule has 0 heterocycles. The Kier molecular flexibility index (Phi) is 5.82. The molecule has 0 saturated heterocycles. The maximum Gasteiger partial charge on any atom is 0.125 e. The zero-order chi connectivity index (χ0) is 20.2. The van der Waals surface area contributed by atoms with E-state index < -0.39 is 0 Å². The maximum absolute atomic E-state index is 5.83. The number of fused-ring (bicyclic) bond motifs is 1. The highest BCUT2D eigenvalue weighted by atomic mass is 16.5. The zero-order valence-corrected chi connectivity index (χ0v) is 17.6. The van der Waals surface area contributed by atoms with E-state index in [0.717, 1.165) is 31.6 Å². The van der Waals surface area contributed by atoms with Crippen molar-refractivity contribution in [1.29, 1.82) is 0 Å². The molecule has 148 valence electrons. The van der Waals surface area contributed by atoms with Gasteiger partial charge in [-0.3, -0.25) is 0 Å². The van der Waals surface area contributed by atoms with Crippen molar-refractivity contribution >= 4 is 5.76 Å². The molecule has 0 N–H and O–H groups in total. The fraction of sp³-hybridized carbons (Fsp3) is 0.259. The van der Waals surface area contributed by atoms with Crippen molar-refractivity contribution in [2.75, 3.05) is 27.7 Å². The van der Waals surface area contributed by atoms with E-state index in [2.05, 4.69) is 91.8 Å². The first-order valence-electron chi connectivity index (χ1n) is 10.4. The molecule has 0 fully saturated rings. The number of nitrogens with zero attached hydrogens (tertiary/aromatic N) is 1. The Labute approximate surface area is 174 Å². The van der Waals surface area contributed by atoms with Crippen molar-refractivity contribution < 1.29 is 4.74 Å². The Hall–Kier alpha value is -2.84. The second kappa shape index (κ2) is 8.67. The minimum absolute atomic E-state index is 1.06. The van der Waals surface area contributed by atoms with E-state index in [9.17, 15) is 0 Å². The van der Waals surface area contributed by atoms with Gasteiger partial charge >= 0.3 is 0 Å². The van der Waals surface area contributed by atoms with Gasteiger partial charge in [0, 0.05) is 12.1 Å². The molecular formula is C27H29NO. The summed E-state index contributed by atoms with van der Waals surface area (Å²) < 4.78 is 5.83. The molecule has 0 amide bonds. The third-order valence-corrected chi connectivity index (χ3v) is 5.76. The van der Waals surface area contributed by atoms with Crippen LogP contribution in [-0.2, 0) is 11.2 Å². The quantitative estimate of drug-likeness (QED) is 0.497. The third-order valence-electron chi connectivity index (χ3n) is 5.76. The normalized spacial score (nSPS) is 13.5. The standard InChI is InChI=1S/C27H29NO/c1-28(2)18-17-23-13-14-25-19-24(15-16-26(25)27(23)29-3)22-11-9-21(10-12-22)20-7-5-4-6-8-20/h4-12,15-16,19H,13-14,17-18H2,1-3H3. The Morgan fingerprint density at radius 2 is 1.38 bits per heavy atom. The van der Waals surface area contributed by atoms with E-state index in [0.29, 0.717) is 0 Å². The smallest absolute Gasteiger partial charge is 0.125 e. The largest absolute Gasteiger partial charge is 0.496 e. The summed E-state index contributed by atoms with van der Waals surface area (Å²) in [4.78, 5) is 2.23. The fourth-order valence-electron chi connectivity index (χ4n) is 4.13. The number of hydrogen-bond acceptors (Lipinski definition) is 2. The van der Waals surface area contributed by atoms with Gasteiger partial charge in [-0.2, -0.15) is 0 Å². The van der Waals surface area contributed by atoms with Gasteiger partial charge in [-0.05, 0) is 66.7 Å². The molecule has 2 nitrogen and oxygen atoms in total. The number of aryl methyl sites for hydroxylation is 1. The second-order valence-corrected chi connectivity index (χ2v) is 8.01. The van der Waals surface area contributed by atoms with Crippen molar-refractivity contribution in [2.24, 2.45) is 0 Å². The van der Waals surface area contributed by atoms with Crippen LogP contribution in [0, 0.1) is 0 Å². The Bertz CT molecular complexity index is 1000. The summed E-state index contributed by atoms with van der Waals surface area (Å²) in [5.41, 5.74) is 9.13. The molecule has 2 heteroatoms. The van der Waals surface area contributed by atoms with Crippen molar-refractivity contribution in [2.45, 2.75) is 19.3 Å². The summed E-state index contributed by atoms with van der Waals surface area (Å²) in [5.74, 6) is 1.08. The highest BCUT2D eigenvalue weighted by Crippen LogP contribution is 2.36. The predicted octanol–water partition coefficient (Wildman–Crippen LogP) is 6.28. The van der Waals surface area contributed by atoms with Gasteiger partial charge in [0.2, 0.25) is 0 Å². The predicted molar refractivity (Wildman–Crippen MR) is 123 cm³/mol. The third kappa shape index (κ3) is 4.28. The lowest BCUT2D eigenvalue weighted by Crippen LogP contribution is -2.16. The van der Waals surface area contributed by atoms with E-state index in [1.807, 2.05) is 0 Å². The number of rotatable bonds is 6. The number of hydrogen-bond donors (Lipinski definition) is 0. The second-order valence-electron chi connectivity index (χ2n) is 8.01. The van der Waals surface area contributed by atoms with Gasteiger partial charge in [0.25, 0.3) is 0 Å². The Morgan fingerprint density at radius 3 is 2.03 bits per heavy atom. The van der Waals surface area contributed by atoms with Crippen LogP contribution in [0.5, 0.6) is 0 Å². The first-order valence-corrected chi connectivity index (χ1v) is 10.4. The lowest BCUT2D eigenvalue weighted by Gasteiger charge is -2.24. The van der Waals surface area contributed by atoms with Gasteiger partial charge in [0.1, 0.15) is 5.76 Å². The molecule has 0 radical (unpaired) electrons. The van der Waals surface area contributed by atoms with Crippen LogP contribution in [0.4, 0.5) is 0 Å². The first-order chi connectivity index (χ1) is 14.2. The van der Waals surface area contributed by atoms with Gasteiger partial charge in [-0.1, -0.05) is 72.8 Å². The summed E-state index contributed by atoms with van der Waals surface area (Å²) in [7, 11) is 6.05. The molecule has 0 unspecified atom stereocenters. The minimum Gasteiger partial charge on any atom is -0.496 e. The van der Waals surface area contributed by atoms with Crippen LogP contribution in [0.1, 0.15) is 24.0 Å². The van der Waals surface area contributed by atoms with Gasteiger partial charge < -0.3 is 9.64 Å². The molecule has 0 aromatic heterocycles. The molecule has 0 spiro atoms. The van der Waals surface area contributed by atoms with Crippen molar-refractivity contribution in [3.63, 3.8) is 0 Å². The van der Waals surface area contributed by atoms with E-state index in [1.54, 1.807) is 7.11 Å². The molecule has 0 saturated carbocycles. The van der Waals surface area contributed by atoms with Gasteiger partial charge in [0.15, 0.2) is 0 Å². The number of ether oxygens (including phenoxy) is 1. The number of methoxy groups -OCH3 is 1. The van der Waals surface area contributed by atoms with Crippen LogP contribution < -0.4 is 0 Å².